The first-order valence-corrected chi connectivity index (χ1v) is 7.02. The van der Waals surface area contributed by atoms with E-state index >= 15 is 0 Å². The van der Waals surface area contributed by atoms with Crippen LogP contribution in [-0.2, 0) is 0 Å². The van der Waals surface area contributed by atoms with Gasteiger partial charge in [0.15, 0.2) is 0 Å². The Labute approximate surface area is 146 Å². The number of nitrogens with two attached hydrogens (primary N) is 2. The fraction of sp³-hybridized carbons (Fsp3) is 0. The largest absolute Gasteiger partial charge is 0.397 e. The van der Waals surface area contributed by atoms with Crippen molar-refractivity contribution in [1.29, 1.82) is 0 Å². The molecule has 2 nitrogen and oxygen atoms in total. The Balaban J connectivity index is 0.000001000. The summed E-state index contributed by atoms with van der Waals surface area (Å²) in [6, 6.07) is 12.1. The zero-order valence-corrected chi connectivity index (χ0v) is 15.0. The number of benzene rings is 3. The molecule has 0 spiro atoms. The Hall–Kier alpha value is -0.680. The van der Waals surface area contributed by atoms with Crippen molar-refractivity contribution in [2.45, 2.75) is 0 Å². The molecular formula is C14H12Br2Cl2N2. The Morgan fingerprint density at radius 1 is 0.600 bits per heavy atom. The van der Waals surface area contributed by atoms with E-state index in [4.69, 9.17) is 11.5 Å². The number of fused-ring (bicyclic) bond motifs is 3. The maximum atomic E-state index is 6.12. The third kappa shape index (κ3) is 2.70. The molecule has 0 aliphatic heterocycles. The molecule has 106 valence electrons. The van der Waals surface area contributed by atoms with Crippen LogP contribution in [0, 0.1) is 0 Å². The summed E-state index contributed by atoms with van der Waals surface area (Å²) in [5.74, 6) is 0. The molecule has 20 heavy (non-hydrogen) atoms. The van der Waals surface area contributed by atoms with Gasteiger partial charge in [0.1, 0.15) is 0 Å². The highest BCUT2D eigenvalue weighted by atomic mass is 79.9. The highest BCUT2D eigenvalue weighted by Crippen LogP contribution is 2.38. The molecule has 3 rings (SSSR count). The topological polar surface area (TPSA) is 52.0 Å². The van der Waals surface area contributed by atoms with Gasteiger partial charge in [0.2, 0.25) is 0 Å². The summed E-state index contributed by atoms with van der Waals surface area (Å²) in [5, 5.41) is 4.18. The van der Waals surface area contributed by atoms with Crippen molar-refractivity contribution in [3.05, 3.63) is 45.3 Å². The molecule has 0 aliphatic carbocycles. The zero-order chi connectivity index (χ0) is 12.9. The molecule has 0 saturated carbocycles. The predicted molar refractivity (Wildman–Crippen MR) is 100 cm³/mol. The van der Waals surface area contributed by atoms with E-state index in [1.165, 1.54) is 0 Å². The van der Waals surface area contributed by atoms with Crippen molar-refractivity contribution in [3.63, 3.8) is 0 Å². The second-order valence-corrected chi connectivity index (χ2v) is 6.04. The summed E-state index contributed by atoms with van der Waals surface area (Å²) in [7, 11) is 0. The van der Waals surface area contributed by atoms with E-state index in [1.54, 1.807) is 0 Å². The van der Waals surface area contributed by atoms with E-state index in [2.05, 4.69) is 44.0 Å². The molecule has 0 amide bonds. The fourth-order valence-corrected chi connectivity index (χ4v) is 2.96. The quantitative estimate of drug-likeness (QED) is 0.275. The van der Waals surface area contributed by atoms with Gasteiger partial charge in [0.25, 0.3) is 0 Å². The third-order valence-corrected chi connectivity index (χ3v) is 4.11. The van der Waals surface area contributed by atoms with E-state index in [1.807, 2.05) is 24.3 Å². The average Bonchev–Trinajstić information content (AvgIpc) is 2.36. The minimum Gasteiger partial charge on any atom is -0.397 e. The van der Waals surface area contributed by atoms with Gasteiger partial charge in [-0.15, -0.1) is 24.8 Å². The maximum absolute atomic E-state index is 6.12. The molecule has 6 heteroatoms. The van der Waals surface area contributed by atoms with Crippen LogP contribution in [0.15, 0.2) is 45.3 Å². The summed E-state index contributed by atoms with van der Waals surface area (Å²) < 4.78 is 2.06. The van der Waals surface area contributed by atoms with Gasteiger partial charge in [-0.05, 0) is 35.0 Å². The number of anilines is 2. The Bertz CT molecular complexity index is 724. The monoisotopic (exact) mass is 436 g/mol. The summed E-state index contributed by atoms with van der Waals surface area (Å²) in [5.41, 5.74) is 13.5. The molecular weight excluding hydrogens is 427 g/mol. The summed E-state index contributed by atoms with van der Waals surface area (Å²) >= 11 is 6.99. The van der Waals surface area contributed by atoms with Gasteiger partial charge in [-0.1, -0.05) is 44.0 Å². The first-order chi connectivity index (χ1) is 8.58. The van der Waals surface area contributed by atoms with E-state index in [0.717, 1.165) is 30.5 Å². The first-order valence-electron chi connectivity index (χ1n) is 5.43. The summed E-state index contributed by atoms with van der Waals surface area (Å²) in [6.45, 7) is 0. The summed E-state index contributed by atoms with van der Waals surface area (Å²) in [4.78, 5) is 0. The standard InChI is InChI=1S/C14H10Br2N2.2ClH/c15-7-1-3-9-11(5-7)12-6-8(16)2-4-10(12)14(18)13(9)17;;/h1-6H,17-18H2;2*1H. The first kappa shape index (κ1) is 17.4. The van der Waals surface area contributed by atoms with Crippen LogP contribution in [0.5, 0.6) is 0 Å². The highest BCUT2D eigenvalue weighted by Gasteiger charge is 2.10. The van der Waals surface area contributed by atoms with E-state index < -0.39 is 0 Å². The minimum absolute atomic E-state index is 0. The molecule has 0 atom stereocenters. The normalized spacial score (nSPS) is 10.1. The Morgan fingerprint density at radius 3 is 1.30 bits per heavy atom. The van der Waals surface area contributed by atoms with Crippen molar-refractivity contribution in [3.8, 4) is 0 Å². The van der Waals surface area contributed by atoms with Gasteiger partial charge in [-0.25, -0.2) is 0 Å². The third-order valence-electron chi connectivity index (χ3n) is 3.12. The molecule has 3 aromatic rings. The van der Waals surface area contributed by atoms with Gasteiger partial charge >= 0.3 is 0 Å². The van der Waals surface area contributed by atoms with Crippen molar-refractivity contribution < 1.29 is 0 Å². The van der Waals surface area contributed by atoms with Crippen molar-refractivity contribution in [1.82, 2.24) is 0 Å². The van der Waals surface area contributed by atoms with Crippen LogP contribution in [0.25, 0.3) is 21.5 Å². The number of halogens is 4. The van der Waals surface area contributed by atoms with Crippen molar-refractivity contribution in [2.24, 2.45) is 0 Å². The van der Waals surface area contributed by atoms with Crippen LogP contribution in [0.3, 0.4) is 0 Å². The molecule has 0 bridgehead atoms. The van der Waals surface area contributed by atoms with Gasteiger partial charge in [-0.2, -0.15) is 0 Å². The summed E-state index contributed by atoms with van der Waals surface area (Å²) in [6.07, 6.45) is 0. The Kier molecular flexibility index (Phi) is 5.55. The molecule has 4 N–H and O–H groups in total. The number of hydrogen-bond acceptors (Lipinski definition) is 2. The molecule has 0 aliphatic rings. The number of rotatable bonds is 0. The Morgan fingerprint density at radius 2 is 0.950 bits per heavy atom. The van der Waals surface area contributed by atoms with E-state index in [0.29, 0.717) is 11.4 Å². The molecule has 0 saturated heterocycles. The second-order valence-electron chi connectivity index (χ2n) is 4.21. The lowest BCUT2D eigenvalue weighted by Crippen LogP contribution is -1.97. The molecule has 0 aromatic heterocycles. The number of hydrogen-bond donors (Lipinski definition) is 2. The second kappa shape index (κ2) is 6.39. The lowest BCUT2D eigenvalue weighted by molar-refractivity contribution is 1.68. The van der Waals surface area contributed by atoms with Crippen LogP contribution in [0.4, 0.5) is 11.4 Å². The zero-order valence-electron chi connectivity index (χ0n) is 10.2. The molecule has 0 unspecified atom stereocenters. The van der Waals surface area contributed by atoms with Gasteiger partial charge < -0.3 is 11.5 Å². The lowest BCUT2D eigenvalue weighted by atomic mass is 9.99. The smallest absolute Gasteiger partial charge is 0.0634 e. The van der Waals surface area contributed by atoms with Crippen molar-refractivity contribution >= 4 is 89.6 Å². The molecule has 0 heterocycles. The average molecular weight is 439 g/mol. The predicted octanol–water partition coefficient (Wildman–Crippen LogP) is 5.53. The van der Waals surface area contributed by atoms with Crippen LogP contribution in [0.1, 0.15) is 0 Å². The van der Waals surface area contributed by atoms with Crippen LogP contribution >= 0.6 is 56.7 Å². The van der Waals surface area contributed by atoms with Gasteiger partial charge in [0, 0.05) is 19.7 Å². The SMILES string of the molecule is Cl.Cl.Nc1c(N)c2ccc(Br)cc2c2cc(Br)ccc12. The van der Waals surface area contributed by atoms with E-state index in [9.17, 15) is 0 Å². The fourth-order valence-electron chi connectivity index (χ4n) is 2.24. The van der Waals surface area contributed by atoms with Gasteiger partial charge in [-0.3, -0.25) is 0 Å². The minimum atomic E-state index is 0. The molecule has 0 radical (unpaired) electrons. The van der Waals surface area contributed by atoms with Crippen LogP contribution in [0.2, 0.25) is 0 Å². The highest BCUT2D eigenvalue weighted by molar-refractivity contribution is 9.10. The number of nitrogen functional groups attached to an aromatic ring is 2. The maximum Gasteiger partial charge on any atom is 0.0634 e. The van der Waals surface area contributed by atoms with Crippen molar-refractivity contribution in [2.75, 3.05) is 11.5 Å². The lowest BCUT2D eigenvalue weighted by Gasteiger charge is -2.12. The molecule has 3 aromatic carbocycles. The van der Waals surface area contributed by atoms with Crippen LogP contribution in [-0.4, -0.2) is 0 Å². The molecule has 0 fully saturated rings. The van der Waals surface area contributed by atoms with Crippen LogP contribution < -0.4 is 11.5 Å². The van der Waals surface area contributed by atoms with E-state index in [-0.39, 0.29) is 24.8 Å². The van der Waals surface area contributed by atoms with Gasteiger partial charge in [0.05, 0.1) is 11.4 Å².